The minimum Gasteiger partial charge on any atom is -0.461 e. The fraction of sp³-hybridized carbons (Fsp3) is 0.933. The van der Waals surface area contributed by atoms with Gasteiger partial charge in [-0.2, -0.15) is 0 Å². The van der Waals surface area contributed by atoms with Crippen LogP contribution < -0.4 is 0 Å². The normalized spacial score (nSPS) is 31.7. The molecular formula is C15H25BrO2. The summed E-state index contributed by atoms with van der Waals surface area (Å²) in [6.07, 6.45) is 9.05. The van der Waals surface area contributed by atoms with Crippen LogP contribution in [0, 0.1) is 17.8 Å². The van der Waals surface area contributed by atoms with Crippen LogP contribution >= 0.6 is 15.9 Å². The first-order valence-electron chi connectivity index (χ1n) is 7.42. The zero-order valence-corrected chi connectivity index (χ0v) is 13.1. The third-order valence-corrected chi connectivity index (χ3v) is 5.51. The highest BCUT2D eigenvalue weighted by Crippen LogP contribution is 2.36. The van der Waals surface area contributed by atoms with Gasteiger partial charge in [0.1, 0.15) is 6.10 Å². The summed E-state index contributed by atoms with van der Waals surface area (Å²) < 4.78 is 5.55. The van der Waals surface area contributed by atoms with Gasteiger partial charge in [0.15, 0.2) is 0 Å². The van der Waals surface area contributed by atoms with Gasteiger partial charge < -0.3 is 4.74 Å². The van der Waals surface area contributed by atoms with Crippen molar-refractivity contribution in [2.45, 2.75) is 69.7 Å². The van der Waals surface area contributed by atoms with Gasteiger partial charge in [-0.25, -0.2) is 0 Å². The molecule has 2 aliphatic rings. The molecule has 3 heteroatoms. The van der Waals surface area contributed by atoms with E-state index in [-0.39, 0.29) is 18.0 Å². The van der Waals surface area contributed by atoms with Crippen molar-refractivity contribution in [1.29, 1.82) is 0 Å². The average molecular weight is 317 g/mol. The number of carbonyl (C=O) groups is 1. The smallest absolute Gasteiger partial charge is 0.309 e. The van der Waals surface area contributed by atoms with Gasteiger partial charge in [-0.15, -0.1) is 0 Å². The standard InChI is InChI=1S/C15H25BrO2/c1-10(2)12-9-14(18-15(12)17)13(16)8-11-6-4-3-5-7-11/h10-14H,3-9H2,1-2H3/t12-,13-,14+/m0/s1. The van der Waals surface area contributed by atoms with Crippen molar-refractivity contribution in [3.8, 4) is 0 Å². The Morgan fingerprint density at radius 1 is 1.28 bits per heavy atom. The van der Waals surface area contributed by atoms with Crippen molar-refractivity contribution in [1.82, 2.24) is 0 Å². The topological polar surface area (TPSA) is 26.3 Å². The largest absolute Gasteiger partial charge is 0.461 e. The molecule has 1 aliphatic heterocycles. The van der Waals surface area contributed by atoms with Crippen molar-refractivity contribution >= 4 is 21.9 Å². The molecule has 1 heterocycles. The van der Waals surface area contributed by atoms with Gasteiger partial charge in [0.05, 0.1) is 10.7 Å². The van der Waals surface area contributed by atoms with E-state index in [1.54, 1.807) is 0 Å². The third kappa shape index (κ3) is 3.49. The van der Waals surface area contributed by atoms with Gasteiger partial charge in [0.2, 0.25) is 0 Å². The quantitative estimate of drug-likeness (QED) is 0.570. The summed E-state index contributed by atoms with van der Waals surface area (Å²) in [4.78, 5) is 12.1. The van der Waals surface area contributed by atoms with E-state index in [0.717, 1.165) is 12.3 Å². The lowest BCUT2D eigenvalue weighted by molar-refractivity contribution is -0.145. The second-order valence-electron chi connectivity index (χ2n) is 6.32. The lowest BCUT2D eigenvalue weighted by Crippen LogP contribution is -2.24. The van der Waals surface area contributed by atoms with E-state index in [9.17, 15) is 4.79 Å². The highest BCUT2D eigenvalue weighted by Gasteiger charge is 2.39. The lowest BCUT2D eigenvalue weighted by Gasteiger charge is -2.26. The highest BCUT2D eigenvalue weighted by atomic mass is 79.9. The Morgan fingerprint density at radius 2 is 1.94 bits per heavy atom. The number of ether oxygens (including phenoxy) is 1. The SMILES string of the molecule is CC(C)[C@@H]1C[C@H]([C@@H](Br)CC2CCCCC2)OC1=O. The minimum atomic E-state index is 0.0168. The summed E-state index contributed by atoms with van der Waals surface area (Å²) in [7, 11) is 0. The predicted molar refractivity (Wildman–Crippen MR) is 76.7 cm³/mol. The van der Waals surface area contributed by atoms with E-state index in [1.165, 1.54) is 38.5 Å². The summed E-state index contributed by atoms with van der Waals surface area (Å²) in [5.41, 5.74) is 0. The summed E-state index contributed by atoms with van der Waals surface area (Å²) in [5, 5.41) is 0. The third-order valence-electron chi connectivity index (χ3n) is 4.55. The Hall–Kier alpha value is -0.0500. The molecule has 1 saturated carbocycles. The van der Waals surface area contributed by atoms with Gasteiger partial charge in [-0.1, -0.05) is 61.9 Å². The van der Waals surface area contributed by atoms with Crippen LogP contribution in [0.25, 0.3) is 0 Å². The van der Waals surface area contributed by atoms with Crippen molar-refractivity contribution in [3.05, 3.63) is 0 Å². The fourth-order valence-corrected chi connectivity index (χ4v) is 4.14. The fourth-order valence-electron chi connectivity index (χ4n) is 3.29. The van der Waals surface area contributed by atoms with Crippen LogP contribution in [0.15, 0.2) is 0 Å². The molecule has 0 unspecified atom stereocenters. The summed E-state index contributed by atoms with van der Waals surface area (Å²) in [5.74, 6) is 1.36. The molecule has 1 saturated heterocycles. The number of esters is 1. The molecule has 0 aromatic heterocycles. The number of rotatable bonds is 4. The van der Waals surface area contributed by atoms with Crippen molar-refractivity contribution in [2.75, 3.05) is 0 Å². The monoisotopic (exact) mass is 316 g/mol. The maximum absolute atomic E-state index is 11.8. The number of hydrogen-bond acceptors (Lipinski definition) is 2. The number of carbonyl (C=O) groups excluding carboxylic acids is 1. The van der Waals surface area contributed by atoms with Gasteiger partial charge in [0, 0.05) is 0 Å². The van der Waals surface area contributed by atoms with Gasteiger partial charge in [0.25, 0.3) is 0 Å². The number of cyclic esters (lactones) is 1. The Balaban J connectivity index is 1.82. The highest BCUT2D eigenvalue weighted by molar-refractivity contribution is 9.09. The molecule has 0 spiro atoms. The van der Waals surface area contributed by atoms with Gasteiger partial charge >= 0.3 is 5.97 Å². The molecule has 0 aromatic rings. The first-order valence-corrected chi connectivity index (χ1v) is 8.34. The van der Waals surface area contributed by atoms with Crippen LogP contribution in [-0.4, -0.2) is 16.9 Å². The molecule has 2 nitrogen and oxygen atoms in total. The maximum atomic E-state index is 11.8. The summed E-state index contributed by atoms with van der Waals surface area (Å²) in [6, 6.07) is 0. The molecule has 0 amide bonds. The van der Waals surface area contributed by atoms with E-state index in [2.05, 4.69) is 29.8 Å². The first kappa shape index (κ1) is 14.4. The lowest BCUT2D eigenvalue weighted by atomic mass is 9.84. The second kappa shape index (κ2) is 6.40. The van der Waals surface area contributed by atoms with E-state index in [0.29, 0.717) is 10.7 Å². The maximum Gasteiger partial charge on any atom is 0.309 e. The molecule has 18 heavy (non-hydrogen) atoms. The van der Waals surface area contributed by atoms with E-state index < -0.39 is 0 Å². The molecular weight excluding hydrogens is 292 g/mol. The van der Waals surface area contributed by atoms with Crippen molar-refractivity contribution < 1.29 is 9.53 Å². The molecule has 0 bridgehead atoms. The zero-order valence-electron chi connectivity index (χ0n) is 11.5. The van der Waals surface area contributed by atoms with E-state index in [1.807, 2.05) is 0 Å². The van der Waals surface area contributed by atoms with Gasteiger partial charge in [-0.3, -0.25) is 4.79 Å². The number of hydrogen-bond donors (Lipinski definition) is 0. The Labute approximate surface area is 119 Å². The Morgan fingerprint density at radius 3 is 2.50 bits per heavy atom. The van der Waals surface area contributed by atoms with E-state index >= 15 is 0 Å². The van der Waals surface area contributed by atoms with Crippen molar-refractivity contribution in [2.24, 2.45) is 17.8 Å². The van der Waals surface area contributed by atoms with Crippen LogP contribution in [0.4, 0.5) is 0 Å². The molecule has 104 valence electrons. The first-order chi connectivity index (χ1) is 8.58. The molecule has 2 rings (SSSR count). The van der Waals surface area contributed by atoms with E-state index in [4.69, 9.17) is 4.74 Å². The van der Waals surface area contributed by atoms with Crippen LogP contribution in [0.5, 0.6) is 0 Å². The summed E-state index contributed by atoms with van der Waals surface area (Å²) >= 11 is 3.77. The average Bonchev–Trinajstić information content (AvgIpc) is 2.73. The minimum absolute atomic E-state index is 0.0168. The van der Waals surface area contributed by atoms with Crippen LogP contribution in [0.2, 0.25) is 0 Å². The van der Waals surface area contributed by atoms with Crippen molar-refractivity contribution in [3.63, 3.8) is 0 Å². The van der Waals surface area contributed by atoms with Crippen LogP contribution in [-0.2, 0) is 9.53 Å². The number of alkyl halides is 1. The summed E-state index contributed by atoms with van der Waals surface area (Å²) in [6.45, 7) is 4.22. The molecule has 0 N–H and O–H groups in total. The molecule has 3 atom stereocenters. The van der Waals surface area contributed by atoms with Crippen LogP contribution in [0.3, 0.4) is 0 Å². The molecule has 0 aromatic carbocycles. The van der Waals surface area contributed by atoms with Crippen LogP contribution in [0.1, 0.15) is 58.8 Å². The number of halogens is 1. The Bertz CT molecular complexity index is 284. The molecule has 2 fully saturated rings. The van der Waals surface area contributed by atoms with Gasteiger partial charge in [-0.05, 0) is 24.7 Å². The molecule has 1 aliphatic carbocycles. The zero-order chi connectivity index (χ0) is 13.1. The second-order valence-corrected chi connectivity index (χ2v) is 7.49. The Kier molecular flexibility index (Phi) is 5.11. The molecule has 0 radical (unpaired) electrons. The predicted octanol–water partition coefficient (Wildman–Crippen LogP) is 4.31.